The maximum Gasteiger partial charge on any atom is 0.328 e. The number of carboxylic acids is 1. The van der Waals surface area contributed by atoms with E-state index < -0.39 is 12.6 Å². The molecule has 2 N–H and O–H groups in total. The topological polar surface area (TPSA) is 57.5 Å². The second-order valence-electron chi connectivity index (χ2n) is 2.99. The second kappa shape index (κ2) is 5.14. The van der Waals surface area contributed by atoms with Gasteiger partial charge in [0.05, 0.1) is 6.67 Å². The number of aryl methyl sites for hydroxylation is 1. The van der Waals surface area contributed by atoms with Crippen LogP contribution in [0.15, 0.2) is 24.3 Å². The van der Waals surface area contributed by atoms with Crippen molar-refractivity contribution in [3.8, 4) is 5.75 Å². The van der Waals surface area contributed by atoms with E-state index in [0.29, 0.717) is 11.1 Å². The number of benzene rings is 1. The molecule has 0 aliphatic heterocycles. The molecule has 0 fully saturated rings. The highest BCUT2D eigenvalue weighted by Gasteiger charge is 2.01. The first kappa shape index (κ1) is 11.2. The number of halogens is 1. The third kappa shape index (κ3) is 3.42. The molecule has 0 aromatic heterocycles. The van der Waals surface area contributed by atoms with Crippen molar-refractivity contribution in [2.24, 2.45) is 0 Å². The van der Waals surface area contributed by atoms with Crippen LogP contribution in [0.5, 0.6) is 5.75 Å². The van der Waals surface area contributed by atoms with Gasteiger partial charge in [-0.25, -0.2) is 4.79 Å². The highest BCUT2D eigenvalue weighted by molar-refractivity contribution is 5.85. The van der Waals surface area contributed by atoms with Gasteiger partial charge in [0.25, 0.3) is 0 Å². The molecule has 1 aromatic carbocycles. The number of phenols is 1. The fourth-order valence-corrected chi connectivity index (χ4v) is 1.23. The van der Waals surface area contributed by atoms with Gasteiger partial charge in [-0.2, -0.15) is 0 Å². The summed E-state index contributed by atoms with van der Waals surface area (Å²) in [6.45, 7) is -0.544. The summed E-state index contributed by atoms with van der Waals surface area (Å²) in [5, 5.41) is 17.6. The quantitative estimate of drug-likeness (QED) is 0.747. The van der Waals surface area contributed by atoms with E-state index in [4.69, 9.17) is 5.11 Å². The first-order valence-electron chi connectivity index (χ1n) is 4.42. The lowest BCUT2D eigenvalue weighted by molar-refractivity contribution is -0.131. The summed E-state index contributed by atoms with van der Waals surface area (Å²) in [6.07, 6.45) is 2.52. The van der Waals surface area contributed by atoms with Crippen LogP contribution in [-0.2, 0) is 11.2 Å². The number of hydrogen-bond acceptors (Lipinski definition) is 2. The van der Waals surface area contributed by atoms with Crippen molar-refractivity contribution < 1.29 is 19.4 Å². The van der Waals surface area contributed by atoms with E-state index in [1.165, 1.54) is 18.2 Å². The number of aliphatic carboxylic acids is 1. The minimum atomic E-state index is -1.06. The standard InChI is InChI=1S/C11H11FO3/c12-6-5-9-7-10(13)3-1-8(9)2-4-11(14)15/h1-4,7,13H,5-6H2,(H,14,15). The number of phenolic OH excluding ortho intramolecular Hbond substituents is 1. The number of carbonyl (C=O) groups is 1. The zero-order chi connectivity index (χ0) is 11.3. The number of alkyl halides is 1. The average molecular weight is 210 g/mol. The van der Waals surface area contributed by atoms with Crippen LogP contribution >= 0.6 is 0 Å². The molecule has 4 heteroatoms. The number of rotatable bonds is 4. The van der Waals surface area contributed by atoms with E-state index in [2.05, 4.69) is 0 Å². The van der Waals surface area contributed by atoms with Gasteiger partial charge in [0, 0.05) is 12.5 Å². The third-order valence-corrected chi connectivity index (χ3v) is 1.90. The van der Waals surface area contributed by atoms with E-state index in [1.54, 1.807) is 6.07 Å². The fraction of sp³-hybridized carbons (Fsp3) is 0.182. The van der Waals surface area contributed by atoms with Gasteiger partial charge in [-0.15, -0.1) is 0 Å². The molecule has 1 aromatic rings. The maximum atomic E-state index is 12.2. The minimum Gasteiger partial charge on any atom is -0.508 e. The van der Waals surface area contributed by atoms with Crippen molar-refractivity contribution in [2.45, 2.75) is 6.42 Å². The molecule has 0 heterocycles. The molecule has 0 saturated heterocycles. The normalized spacial score (nSPS) is 10.7. The highest BCUT2D eigenvalue weighted by Crippen LogP contribution is 2.18. The van der Waals surface area contributed by atoms with Gasteiger partial charge in [-0.1, -0.05) is 6.07 Å². The lowest BCUT2D eigenvalue weighted by Gasteiger charge is -2.04. The predicted molar refractivity (Wildman–Crippen MR) is 54.5 cm³/mol. The Morgan fingerprint density at radius 1 is 1.47 bits per heavy atom. The van der Waals surface area contributed by atoms with Crippen molar-refractivity contribution in [2.75, 3.05) is 6.67 Å². The molecule has 15 heavy (non-hydrogen) atoms. The molecule has 0 bridgehead atoms. The molecule has 0 unspecified atom stereocenters. The van der Waals surface area contributed by atoms with Crippen LogP contribution in [0.4, 0.5) is 4.39 Å². The van der Waals surface area contributed by atoms with Crippen LogP contribution in [0, 0.1) is 0 Å². The Hall–Kier alpha value is -1.84. The SMILES string of the molecule is O=C(O)C=Cc1ccc(O)cc1CCF. The largest absolute Gasteiger partial charge is 0.508 e. The Morgan fingerprint density at radius 3 is 2.80 bits per heavy atom. The van der Waals surface area contributed by atoms with Crippen LogP contribution in [0.3, 0.4) is 0 Å². The lowest BCUT2D eigenvalue weighted by atomic mass is 10.0. The van der Waals surface area contributed by atoms with Gasteiger partial charge in [0.15, 0.2) is 0 Å². The summed E-state index contributed by atoms with van der Waals surface area (Å²) in [7, 11) is 0. The van der Waals surface area contributed by atoms with Gasteiger partial charge in [0.1, 0.15) is 5.75 Å². The van der Waals surface area contributed by atoms with Crippen LogP contribution in [-0.4, -0.2) is 22.9 Å². The van der Waals surface area contributed by atoms with Gasteiger partial charge >= 0.3 is 5.97 Å². The maximum absolute atomic E-state index is 12.2. The lowest BCUT2D eigenvalue weighted by Crippen LogP contribution is -1.92. The van der Waals surface area contributed by atoms with Gasteiger partial charge in [-0.05, 0) is 29.3 Å². The molecule has 0 spiro atoms. The smallest absolute Gasteiger partial charge is 0.328 e. The summed E-state index contributed by atoms with van der Waals surface area (Å²) in [6, 6.07) is 4.42. The molecule has 0 aliphatic rings. The number of hydrogen-bond donors (Lipinski definition) is 2. The van der Waals surface area contributed by atoms with Crippen molar-refractivity contribution >= 4 is 12.0 Å². The van der Waals surface area contributed by atoms with Crippen LogP contribution in [0.1, 0.15) is 11.1 Å². The minimum absolute atomic E-state index is 0.0472. The van der Waals surface area contributed by atoms with E-state index >= 15 is 0 Å². The fourth-order valence-electron chi connectivity index (χ4n) is 1.23. The van der Waals surface area contributed by atoms with Crippen molar-refractivity contribution in [1.82, 2.24) is 0 Å². The van der Waals surface area contributed by atoms with E-state index in [-0.39, 0.29) is 12.2 Å². The molecule has 3 nitrogen and oxygen atoms in total. The van der Waals surface area contributed by atoms with Crippen LogP contribution < -0.4 is 0 Å². The molecule has 0 atom stereocenters. The first-order valence-corrected chi connectivity index (χ1v) is 4.42. The molecular formula is C11H11FO3. The Bertz CT molecular complexity index is 385. The van der Waals surface area contributed by atoms with Crippen LogP contribution in [0.2, 0.25) is 0 Å². The number of aromatic hydroxyl groups is 1. The summed E-state index contributed by atoms with van der Waals surface area (Å²) in [5.74, 6) is -1.01. The Kier molecular flexibility index (Phi) is 3.85. The summed E-state index contributed by atoms with van der Waals surface area (Å²) < 4.78 is 12.2. The van der Waals surface area contributed by atoms with Crippen LogP contribution in [0.25, 0.3) is 6.08 Å². The van der Waals surface area contributed by atoms with Gasteiger partial charge < -0.3 is 10.2 Å². The monoisotopic (exact) mass is 210 g/mol. The molecule has 80 valence electrons. The van der Waals surface area contributed by atoms with Crippen molar-refractivity contribution in [3.05, 3.63) is 35.4 Å². The summed E-state index contributed by atoms with van der Waals surface area (Å²) >= 11 is 0. The first-order chi connectivity index (χ1) is 7.13. The van der Waals surface area contributed by atoms with E-state index in [1.807, 2.05) is 0 Å². The molecule has 0 amide bonds. The van der Waals surface area contributed by atoms with E-state index in [9.17, 15) is 14.3 Å². The number of carboxylic acid groups (broad SMARTS) is 1. The molecule has 0 aliphatic carbocycles. The predicted octanol–water partition coefficient (Wildman–Crippen LogP) is 2.00. The average Bonchev–Trinajstić information content (AvgIpc) is 2.17. The van der Waals surface area contributed by atoms with Gasteiger partial charge in [-0.3, -0.25) is 4.39 Å². The summed E-state index contributed by atoms with van der Waals surface area (Å²) in [5.41, 5.74) is 1.20. The molecule has 1 rings (SSSR count). The zero-order valence-corrected chi connectivity index (χ0v) is 7.98. The molecular weight excluding hydrogens is 199 g/mol. The van der Waals surface area contributed by atoms with E-state index in [0.717, 1.165) is 6.08 Å². The van der Waals surface area contributed by atoms with Crippen molar-refractivity contribution in [1.29, 1.82) is 0 Å². The van der Waals surface area contributed by atoms with Crippen molar-refractivity contribution in [3.63, 3.8) is 0 Å². The molecule has 0 radical (unpaired) electrons. The summed E-state index contributed by atoms with van der Waals surface area (Å²) in [4.78, 5) is 10.3. The zero-order valence-electron chi connectivity index (χ0n) is 7.98. The highest BCUT2D eigenvalue weighted by atomic mass is 19.1. The third-order valence-electron chi connectivity index (χ3n) is 1.90. The Morgan fingerprint density at radius 2 is 2.20 bits per heavy atom. The Balaban J connectivity index is 3.00. The molecule has 0 saturated carbocycles. The Labute approximate surface area is 86.5 Å². The van der Waals surface area contributed by atoms with Gasteiger partial charge in [0.2, 0.25) is 0 Å². The second-order valence-corrected chi connectivity index (χ2v) is 2.99.